The van der Waals surface area contributed by atoms with Crippen molar-refractivity contribution in [3.63, 3.8) is 0 Å². The van der Waals surface area contributed by atoms with Crippen molar-refractivity contribution in [3.8, 4) is 11.1 Å². The van der Waals surface area contributed by atoms with Crippen LogP contribution in [0.4, 0.5) is 5.82 Å². The maximum Gasteiger partial charge on any atom is 0.248 e. The second-order valence-electron chi connectivity index (χ2n) is 9.96. The Morgan fingerprint density at radius 1 is 1.24 bits per heavy atom. The standard InChI is InChI=1S/C27H38N6O4/c1-7-11-32(22(36)15-34)19(8-2)9-10-21-23(17(4)35)25(28)33-26(31-21)20(14-30-33)18-12-16(3)24(29-13-18)27(5,6)37/h12-14,19,34,37H,7-11,15,28H2,1-6H3/t19-/m1/s1. The summed E-state index contributed by atoms with van der Waals surface area (Å²) in [6.45, 7) is 10.7. The van der Waals surface area contributed by atoms with Crippen molar-refractivity contribution >= 4 is 23.2 Å². The molecule has 10 nitrogen and oxygen atoms in total. The van der Waals surface area contributed by atoms with E-state index in [1.165, 1.54) is 11.4 Å². The van der Waals surface area contributed by atoms with Gasteiger partial charge in [-0.05, 0) is 65.0 Å². The number of amides is 1. The number of aryl methyl sites for hydroxylation is 2. The molecule has 200 valence electrons. The summed E-state index contributed by atoms with van der Waals surface area (Å²) < 4.78 is 1.46. The number of aliphatic hydroxyl groups excluding tert-OH is 1. The number of aliphatic hydroxyl groups is 2. The first-order valence-electron chi connectivity index (χ1n) is 12.7. The molecule has 0 unspecified atom stereocenters. The zero-order chi connectivity index (χ0) is 27.5. The largest absolute Gasteiger partial charge is 0.387 e. The van der Waals surface area contributed by atoms with Crippen molar-refractivity contribution in [2.24, 2.45) is 0 Å². The molecule has 0 radical (unpaired) electrons. The van der Waals surface area contributed by atoms with Crippen LogP contribution in [-0.4, -0.2) is 65.6 Å². The average molecular weight is 511 g/mol. The van der Waals surface area contributed by atoms with E-state index in [2.05, 4.69) is 10.1 Å². The van der Waals surface area contributed by atoms with Crippen LogP contribution in [0.1, 0.15) is 81.2 Å². The Labute approximate surface area is 217 Å². The number of rotatable bonds is 11. The lowest BCUT2D eigenvalue weighted by molar-refractivity contribution is -0.136. The molecular formula is C27H38N6O4. The highest BCUT2D eigenvalue weighted by molar-refractivity contribution is 6.00. The summed E-state index contributed by atoms with van der Waals surface area (Å²) in [7, 11) is 0. The number of Topliss-reactive ketones (excluding diaryl/α,β-unsaturated/α-hetero) is 1. The number of carbonyl (C=O) groups excluding carboxylic acids is 2. The number of nitrogens with two attached hydrogens (primary N) is 1. The van der Waals surface area contributed by atoms with Crippen LogP contribution < -0.4 is 5.73 Å². The van der Waals surface area contributed by atoms with E-state index in [9.17, 15) is 19.8 Å². The van der Waals surface area contributed by atoms with Gasteiger partial charge in [0.2, 0.25) is 5.91 Å². The Kier molecular flexibility index (Phi) is 8.65. The fourth-order valence-corrected chi connectivity index (χ4v) is 4.92. The second-order valence-corrected chi connectivity index (χ2v) is 9.96. The van der Waals surface area contributed by atoms with Gasteiger partial charge in [0.1, 0.15) is 18.0 Å². The van der Waals surface area contributed by atoms with Crippen LogP contribution in [0, 0.1) is 6.92 Å². The van der Waals surface area contributed by atoms with E-state index in [4.69, 9.17) is 10.7 Å². The first-order chi connectivity index (χ1) is 17.4. The maximum atomic E-state index is 12.6. The lowest BCUT2D eigenvalue weighted by Gasteiger charge is -2.30. The normalized spacial score (nSPS) is 12.6. The van der Waals surface area contributed by atoms with E-state index in [1.54, 1.807) is 31.1 Å². The van der Waals surface area contributed by atoms with Gasteiger partial charge in [0.05, 0.1) is 23.1 Å². The van der Waals surface area contributed by atoms with Crippen molar-refractivity contribution in [2.45, 2.75) is 78.9 Å². The molecule has 3 aromatic rings. The van der Waals surface area contributed by atoms with Gasteiger partial charge in [0.15, 0.2) is 11.4 Å². The van der Waals surface area contributed by atoms with Gasteiger partial charge in [0.25, 0.3) is 0 Å². The molecule has 0 saturated heterocycles. The van der Waals surface area contributed by atoms with Crippen LogP contribution in [0.2, 0.25) is 0 Å². The molecule has 3 heterocycles. The molecule has 0 aliphatic heterocycles. The zero-order valence-corrected chi connectivity index (χ0v) is 22.6. The Morgan fingerprint density at radius 3 is 2.49 bits per heavy atom. The number of pyridine rings is 1. The molecule has 0 bridgehead atoms. The number of nitrogen functional groups attached to an aromatic ring is 1. The Bertz CT molecular complexity index is 1290. The number of hydrogen-bond donors (Lipinski definition) is 3. The summed E-state index contributed by atoms with van der Waals surface area (Å²) in [6.07, 6.45) is 5.78. The number of carbonyl (C=O) groups is 2. The quantitative estimate of drug-likeness (QED) is 0.334. The second kappa shape index (κ2) is 11.4. The minimum Gasteiger partial charge on any atom is -0.387 e. The summed E-state index contributed by atoms with van der Waals surface area (Å²) >= 11 is 0. The van der Waals surface area contributed by atoms with Crippen molar-refractivity contribution < 1.29 is 19.8 Å². The molecule has 4 N–H and O–H groups in total. The minimum absolute atomic E-state index is 0.107. The van der Waals surface area contributed by atoms with Gasteiger partial charge >= 0.3 is 0 Å². The predicted molar refractivity (Wildman–Crippen MR) is 142 cm³/mol. The van der Waals surface area contributed by atoms with Crippen LogP contribution in [-0.2, 0) is 16.8 Å². The van der Waals surface area contributed by atoms with E-state index in [-0.39, 0.29) is 23.6 Å². The first-order valence-corrected chi connectivity index (χ1v) is 12.7. The van der Waals surface area contributed by atoms with Gasteiger partial charge in [-0.15, -0.1) is 0 Å². The van der Waals surface area contributed by atoms with Crippen LogP contribution in [0.15, 0.2) is 18.5 Å². The number of fused-ring (bicyclic) bond motifs is 1. The van der Waals surface area contributed by atoms with Crippen molar-refractivity contribution in [3.05, 3.63) is 41.0 Å². The molecule has 3 aromatic heterocycles. The van der Waals surface area contributed by atoms with Crippen molar-refractivity contribution in [1.29, 1.82) is 0 Å². The summed E-state index contributed by atoms with van der Waals surface area (Å²) in [4.78, 5) is 36.0. The number of hydrogen-bond acceptors (Lipinski definition) is 8. The van der Waals surface area contributed by atoms with Gasteiger partial charge < -0.3 is 20.8 Å². The van der Waals surface area contributed by atoms with Gasteiger partial charge in [-0.3, -0.25) is 14.6 Å². The Hall–Kier alpha value is -3.37. The highest BCUT2D eigenvalue weighted by atomic mass is 16.3. The van der Waals surface area contributed by atoms with Crippen molar-refractivity contribution in [1.82, 2.24) is 24.5 Å². The molecule has 3 rings (SSSR count). The van der Waals surface area contributed by atoms with Crippen molar-refractivity contribution in [2.75, 3.05) is 18.9 Å². The highest BCUT2D eigenvalue weighted by Gasteiger charge is 2.25. The van der Waals surface area contributed by atoms with Gasteiger partial charge in [-0.2, -0.15) is 9.61 Å². The molecule has 0 spiro atoms. The first kappa shape index (κ1) is 28.2. The maximum absolute atomic E-state index is 12.6. The third-order valence-electron chi connectivity index (χ3n) is 6.62. The predicted octanol–water partition coefficient (Wildman–Crippen LogP) is 3.05. The molecule has 10 heteroatoms. The van der Waals surface area contributed by atoms with Crippen LogP contribution in [0.25, 0.3) is 16.8 Å². The fraction of sp³-hybridized carbons (Fsp3) is 0.519. The zero-order valence-electron chi connectivity index (χ0n) is 22.6. The summed E-state index contributed by atoms with van der Waals surface area (Å²) in [5, 5.41) is 24.2. The van der Waals surface area contributed by atoms with E-state index in [1.807, 2.05) is 26.8 Å². The van der Waals surface area contributed by atoms with E-state index >= 15 is 0 Å². The number of nitrogens with zero attached hydrogens (tertiary/aromatic N) is 5. The molecule has 0 fully saturated rings. The van der Waals surface area contributed by atoms with E-state index in [0.29, 0.717) is 54.0 Å². The number of anilines is 1. The molecule has 0 saturated carbocycles. The van der Waals surface area contributed by atoms with Crippen LogP contribution in [0.3, 0.4) is 0 Å². The monoisotopic (exact) mass is 510 g/mol. The Morgan fingerprint density at radius 2 is 1.95 bits per heavy atom. The number of aromatic nitrogens is 4. The van der Waals surface area contributed by atoms with Gasteiger partial charge in [-0.1, -0.05) is 13.8 Å². The SMILES string of the molecule is CCCN(C(=O)CO)[C@H](CC)CCc1nc2c(-c3cnc(C(C)(C)O)c(C)c3)cnn2c(N)c1C(C)=O. The van der Waals surface area contributed by atoms with Crippen LogP contribution >= 0.6 is 0 Å². The molecule has 0 aromatic carbocycles. The summed E-state index contributed by atoms with van der Waals surface area (Å²) in [6, 6.07) is 1.81. The molecular weight excluding hydrogens is 472 g/mol. The minimum atomic E-state index is -1.07. The fourth-order valence-electron chi connectivity index (χ4n) is 4.92. The lowest BCUT2D eigenvalue weighted by Crippen LogP contribution is -2.42. The Balaban J connectivity index is 2.06. The molecule has 0 aliphatic carbocycles. The third-order valence-corrected chi connectivity index (χ3v) is 6.62. The van der Waals surface area contributed by atoms with Crippen LogP contribution in [0.5, 0.6) is 0 Å². The molecule has 0 aliphatic rings. The van der Waals surface area contributed by atoms with E-state index in [0.717, 1.165) is 17.5 Å². The lowest BCUT2D eigenvalue weighted by atomic mass is 9.98. The van der Waals surface area contributed by atoms with Gasteiger partial charge in [0, 0.05) is 29.9 Å². The molecule has 1 atom stereocenters. The van der Waals surface area contributed by atoms with E-state index < -0.39 is 12.2 Å². The molecule has 1 amide bonds. The average Bonchev–Trinajstić information content (AvgIpc) is 3.26. The topological polar surface area (TPSA) is 147 Å². The molecule has 37 heavy (non-hydrogen) atoms. The van der Waals surface area contributed by atoms with Gasteiger partial charge in [-0.25, -0.2) is 4.98 Å². The third kappa shape index (κ3) is 5.80. The summed E-state index contributed by atoms with van der Waals surface area (Å²) in [5.41, 5.74) is 9.60. The highest BCUT2D eigenvalue weighted by Crippen LogP contribution is 2.31. The smallest absolute Gasteiger partial charge is 0.248 e. The number of ketones is 1. The summed E-state index contributed by atoms with van der Waals surface area (Å²) in [5.74, 6) is -0.309.